The van der Waals surface area contributed by atoms with Gasteiger partial charge in [0.25, 0.3) is 0 Å². The van der Waals surface area contributed by atoms with Gasteiger partial charge in [-0.2, -0.15) is 5.10 Å². The zero-order valence-electron chi connectivity index (χ0n) is 9.74. The van der Waals surface area contributed by atoms with Crippen molar-refractivity contribution < 1.29 is 9.90 Å². The molecule has 0 radical (unpaired) electrons. The summed E-state index contributed by atoms with van der Waals surface area (Å²) < 4.78 is 1.58. The van der Waals surface area contributed by atoms with Crippen LogP contribution in [0.1, 0.15) is 43.9 Å². The molecule has 0 saturated carbocycles. The summed E-state index contributed by atoms with van der Waals surface area (Å²) in [6.07, 6.45) is 0.761. The lowest BCUT2D eigenvalue weighted by Crippen LogP contribution is -2.20. The maximum atomic E-state index is 11.0. The Balaban J connectivity index is 3.04. The molecule has 15 heavy (non-hydrogen) atoms. The van der Waals surface area contributed by atoms with Crippen LogP contribution >= 0.6 is 0 Å². The Kier molecular flexibility index (Phi) is 3.17. The summed E-state index contributed by atoms with van der Waals surface area (Å²) in [6.45, 7) is 8.77. The van der Waals surface area contributed by atoms with Crippen molar-refractivity contribution in [1.29, 1.82) is 0 Å². The van der Waals surface area contributed by atoms with Crippen molar-refractivity contribution in [2.45, 2.75) is 40.7 Å². The number of carboxylic acids is 1. The van der Waals surface area contributed by atoms with Gasteiger partial charge in [0.2, 0.25) is 0 Å². The van der Waals surface area contributed by atoms with Gasteiger partial charge in [-0.05, 0) is 17.9 Å². The second-order valence-electron chi connectivity index (χ2n) is 4.90. The Hall–Kier alpha value is -1.32. The molecule has 0 fully saturated rings. The Morgan fingerprint density at radius 1 is 1.53 bits per heavy atom. The SMILES string of the molecule is CCc1cc(C(=O)O)n(CC(C)(C)C)n1. The average molecular weight is 210 g/mol. The number of aromatic carboxylic acids is 1. The minimum atomic E-state index is -0.911. The average Bonchev–Trinajstić information content (AvgIpc) is 2.44. The zero-order valence-corrected chi connectivity index (χ0v) is 9.74. The monoisotopic (exact) mass is 210 g/mol. The third kappa shape index (κ3) is 3.08. The standard InChI is InChI=1S/C11H18N2O2/c1-5-8-6-9(10(14)15)13(12-8)7-11(2,3)4/h6H,5,7H2,1-4H3,(H,14,15). The zero-order chi connectivity index (χ0) is 11.6. The summed E-state index contributed by atoms with van der Waals surface area (Å²) in [5.74, 6) is -0.911. The number of carboxylic acid groups (broad SMARTS) is 1. The van der Waals surface area contributed by atoms with Gasteiger partial charge in [0.15, 0.2) is 0 Å². The van der Waals surface area contributed by atoms with Crippen LogP contribution in [0, 0.1) is 5.41 Å². The molecule has 1 rings (SSSR count). The van der Waals surface area contributed by atoms with E-state index in [4.69, 9.17) is 5.11 Å². The first kappa shape index (κ1) is 11.8. The van der Waals surface area contributed by atoms with E-state index in [-0.39, 0.29) is 11.1 Å². The summed E-state index contributed by atoms with van der Waals surface area (Å²) >= 11 is 0. The van der Waals surface area contributed by atoms with Crippen molar-refractivity contribution >= 4 is 5.97 Å². The van der Waals surface area contributed by atoms with E-state index in [0.717, 1.165) is 12.1 Å². The molecule has 0 unspecified atom stereocenters. The van der Waals surface area contributed by atoms with Crippen LogP contribution in [0.15, 0.2) is 6.07 Å². The smallest absolute Gasteiger partial charge is 0.354 e. The van der Waals surface area contributed by atoms with Gasteiger partial charge in [-0.25, -0.2) is 4.79 Å². The molecule has 4 nitrogen and oxygen atoms in total. The van der Waals surface area contributed by atoms with E-state index in [1.807, 2.05) is 6.92 Å². The van der Waals surface area contributed by atoms with E-state index >= 15 is 0 Å². The van der Waals surface area contributed by atoms with Gasteiger partial charge in [-0.15, -0.1) is 0 Å². The third-order valence-corrected chi connectivity index (χ3v) is 2.04. The second-order valence-corrected chi connectivity index (χ2v) is 4.90. The molecule has 1 heterocycles. The molecule has 0 spiro atoms. The molecule has 0 bridgehead atoms. The largest absolute Gasteiger partial charge is 0.477 e. The summed E-state index contributed by atoms with van der Waals surface area (Å²) in [4.78, 5) is 11.0. The Labute approximate surface area is 89.9 Å². The molecule has 1 N–H and O–H groups in total. The van der Waals surface area contributed by atoms with Gasteiger partial charge in [-0.1, -0.05) is 27.7 Å². The predicted octanol–water partition coefficient (Wildman–Crippen LogP) is 2.19. The quantitative estimate of drug-likeness (QED) is 0.832. The van der Waals surface area contributed by atoms with E-state index in [1.165, 1.54) is 0 Å². The van der Waals surface area contributed by atoms with Crippen molar-refractivity contribution in [3.05, 3.63) is 17.5 Å². The lowest BCUT2D eigenvalue weighted by atomic mass is 9.97. The highest BCUT2D eigenvalue weighted by Crippen LogP contribution is 2.18. The Bertz CT molecular complexity index is 361. The Morgan fingerprint density at radius 3 is 2.53 bits per heavy atom. The minimum Gasteiger partial charge on any atom is -0.477 e. The summed E-state index contributed by atoms with van der Waals surface area (Å²) in [7, 11) is 0. The van der Waals surface area contributed by atoms with Crippen LogP contribution in [0.2, 0.25) is 0 Å². The van der Waals surface area contributed by atoms with Gasteiger partial charge < -0.3 is 5.11 Å². The molecule has 0 saturated heterocycles. The van der Waals surface area contributed by atoms with Crippen molar-refractivity contribution in [3.63, 3.8) is 0 Å². The van der Waals surface area contributed by atoms with Crippen LogP contribution in [0.4, 0.5) is 0 Å². The van der Waals surface area contributed by atoms with Gasteiger partial charge in [0, 0.05) is 6.54 Å². The molecule has 1 aromatic rings. The van der Waals surface area contributed by atoms with Crippen molar-refractivity contribution in [2.24, 2.45) is 5.41 Å². The van der Waals surface area contributed by atoms with Gasteiger partial charge in [-0.3, -0.25) is 4.68 Å². The fraction of sp³-hybridized carbons (Fsp3) is 0.636. The number of nitrogens with zero attached hydrogens (tertiary/aromatic N) is 2. The molecular weight excluding hydrogens is 192 g/mol. The van der Waals surface area contributed by atoms with Crippen molar-refractivity contribution in [1.82, 2.24) is 9.78 Å². The van der Waals surface area contributed by atoms with Gasteiger partial charge >= 0.3 is 5.97 Å². The number of aromatic nitrogens is 2. The van der Waals surface area contributed by atoms with Crippen LogP contribution in [0.25, 0.3) is 0 Å². The third-order valence-electron chi connectivity index (χ3n) is 2.04. The summed E-state index contributed by atoms with van der Waals surface area (Å²) in [5, 5.41) is 13.3. The molecule has 84 valence electrons. The van der Waals surface area contributed by atoms with Gasteiger partial charge in [0.1, 0.15) is 5.69 Å². The first-order valence-electron chi connectivity index (χ1n) is 5.13. The normalized spacial score (nSPS) is 11.7. The van der Waals surface area contributed by atoms with Crippen LogP contribution in [0.3, 0.4) is 0 Å². The van der Waals surface area contributed by atoms with E-state index in [9.17, 15) is 4.79 Å². The fourth-order valence-electron chi connectivity index (χ4n) is 1.38. The highest BCUT2D eigenvalue weighted by Gasteiger charge is 2.18. The number of hydrogen-bond donors (Lipinski definition) is 1. The summed E-state index contributed by atoms with van der Waals surface area (Å²) in [6, 6.07) is 1.65. The van der Waals surface area contributed by atoms with E-state index in [0.29, 0.717) is 6.54 Å². The molecule has 0 aromatic carbocycles. The molecule has 4 heteroatoms. The van der Waals surface area contributed by atoms with Gasteiger partial charge in [0.05, 0.1) is 5.69 Å². The van der Waals surface area contributed by atoms with Crippen LogP contribution in [-0.4, -0.2) is 20.9 Å². The van der Waals surface area contributed by atoms with Crippen molar-refractivity contribution in [3.8, 4) is 0 Å². The molecule has 0 aliphatic heterocycles. The number of hydrogen-bond acceptors (Lipinski definition) is 2. The second kappa shape index (κ2) is 4.04. The van der Waals surface area contributed by atoms with Crippen LogP contribution in [0.5, 0.6) is 0 Å². The predicted molar refractivity (Wildman–Crippen MR) is 58.0 cm³/mol. The van der Waals surface area contributed by atoms with Crippen LogP contribution < -0.4 is 0 Å². The van der Waals surface area contributed by atoms with E-state index < -0.39 is 5.97 Å². The molecule has 0 amide bonds. The topological polar surface area (TPSA) is 55.1 Å². The fourth-order valence-corrected chi connectivity index (χ4v) is 1.38. The number of carbonyl (C=O) groups is 1. The molecule has 0 aliphatic rings. The lowest BCUT2D eigenvalue weighted by molar-refractivity contribution is 0.0680. The van der Waals surface area contributed by atoms with Crippen molar-refractivity contribution in [2.75, 3.05) is 0 Å². The molecule has 1 aromatic heterocycles. The molecule has 0 aliphatic carbocycles. The minimum absolute atomic E-state index is 0.0290. The van der Waals surface area contributed by atoms with E-state index in [1.54, 1.807) is 10.7 Å². The first-order chi connectivity index (χ1) is 6.83. The highest BCUT2D eigenvalue weighted by molar-refractivity contribution is 5.85. The van der Waals surface area contributed by atoms with Crippen LogP contribution in [-0.2, 0) is 13.0 Å². The lowest BCUT2D eigenvalue weighted by Gasteiger charge is -2.18. The summed E-state index contributed by atoms with van der Waals surface area (Å²) in [5.41, 5.74) is 1.14. The highest BCUT2D eigenvalue weighted by atomic mass is 16.4. The maximum Gasteiger partial charge on any atom is 0.354 e. The first-order valence-corrected chi connectivity index (χ1v) is 5.13. The Morgan fingerprint density at radius 2 is 2.13 bits per heavy atom. The van der Waals surface area contributed by atoms with E-state index in [2.05, 4.69) is 25.9 Å². The number of aryl methyl sites for hydroxylation is 1. The molecule has 0 atom stereocenters. The molecular formula is C11H18N2O2. The maximum absolute atomic E-state index is 11.0. The number of rotatable bonds is 3.